The van der Waals surface area contributed by atoms with Gasteiger partial charge in [0, 0.05) is 29.4 Å². The molecule has 0 saturated heterocycles. The van der Waals surface area contributed by atoms with E-state index < -0.39 is 15.8 Å². The molecular weight excluding hydrogens is 487 g/mol. The summed E-state index contributed by atoms with van der Waals surface area (Å²) < 4.78 is 58.6. The highest BCUT2D eigenvalue weighted by molar-refractivity contribution is 7.93. The fourth-order valence-corrected chi connectivity index (χ4v) is 5.30. The van der Waals surface area contributed by atoms with E-state index in [9.17, 15) is 12.8 Å². The third-order valence-electron chi connectivity index (χ3n) is 5.50. The topological polar surface area (TPSA) is 108 Å². The van der Waals surface area contributed by atoms with Gasteiger partial charge >= 0.3 is 0 Å². The SMILES string of the molecule is COc1cc(-c2cc(F)cnc2OC)ccc1N(c1ccon1)S(=O)(=O)c1ccc2cnccc2c1. The molecule has 182 valence electrons. The predicted molar refractivity (Wildman–Crippen MR) is 130 cm³/mol. The lowest BCUT2D eigenvalue weighted by Gasteiger charge is -2.24. The Kier molecular flexibility index (Phi) is 5.98. The van der Waals surface area contributed by atoms with E-state index in [2.05, 4.69) is 15.1 Å². The fourth-order valence-electron chi connectivity index (χ4n) is 3.82. The van der Waals surface area contributed by atoms with Crippen LogP contribution in [0.3, 0.4) is 0 Å². The lowest BCUT2D eigenvalue weighted by atomic mass is 10.1. The number of ether oxygens (including phenoxy) is 2. The Morgan fingerprint density at radius 2 is 1.81 bits per heavy atom. The van der Waals surface area contributed by atoms with E-state index in [0.29, 0.717) is 16.5 Å². The van der Waals surface area contributed by atoms with Crippen molar-refractivity contribution in [3.8, 4) is 22.8 Å². The van der Waals surface area contributed by atoms with Gasteiger partial charge in [-0.1, -0.05) is 17.3 Å². The van der Waals surface area contributed by atoms with Crippen LogP contribution >= 0.6 is 0 Å². The molecule has 0 aliphatic heterocycles. The van der Waals surface area contributed by atoms with Crippen molar-refractivity contribution >= 4 is 32.3 Å². The number of sulfonamides is 1. The number of pyridine rings is 2. The Hall–Kier alpha value is -4.51. The first-order valence-corrected chi connectivity index (χ1v) is 12.0. The van der Waals surface area contributed by atoms with Crippen LogP contribution in [0.2, 0.25) is 0 Å². The summed E-state index contributed by atoms with van der Waals surface area (Å²) in [6.45, 7) is 0. The highest BCUT2D eigenvalue weighted by atomic mass is 32.2. The van der Waals surface area contributed by atoms with Gasteiger partial charge in [-0.15, -0.1) is 0 Å². The smallest absolute Gasteiger partial charge is 0.270 e. The maximum Gasteiger partial charge on any atom is 0.270 e. The zero-order valence-electron chi connectivity index (χ0n) is 19.1. The number of rotatable bonds is 7. The van der Waals surface area contributed by atoms with Crippen LogP contribution in [0.25, 0.3) is 21.9 Å². The summed E-state index contributed by atoms with van der Waals surface area (Å²) in [6, 6.07) is 13.9. The van der Waals surface area contributed by atoms with E-state index in [1.807, 2.05) is 0 Å². The summed E-state index contributed by atoms with van der Waals surface area (Å²) in [5.41, 5.74) is 1.06. The molecule has 9 nitrogen and oxygen atoms in total. The number of halogens is 1. The number of methoxy groups -OCH3 is 2. The largest absolute Gasteiger partial charge is 0.495 e. The lowest BCUT2D eigenvalue weighted by molar-refractivity contribution is 0.397. The minimum absolute atomic E-state index is 0.0286. The number of benzene rings is 2. The van der Waals surface area contributed by atoms with Crippen molar-refractivity contribution in [3.05, 3.63) is 85.3 Å². The molecule has 5 aromatic rings. The van der Waals surface area contributed by atoms with Crippen LogP contribution < -0.4 is 13.8 Å². The van der Waals surface area contributed by atoms with Crippen LogP contribution in [0.4, 0.5) is 15.9 Å². The fraction of sp³-hybridized carbons (Fsp3) is 0.0800. The van der Waals surface area contributed by atoms with Gasteiger partial charge in [0.05, 0.1) is 25.3 Å². The highest BCUT2D eigenvalue weighted by Crippen LogP contribution is 2.41. The summed E-state index contributed by atoms with van der Waals surface area (Å²) in [4.78, 5) is 8.06. The van der Waals surface area contributed by atoms with E-state index in [1.54, 1.807) is 42.7 Å². The Balaban J connectivity index is 1.67. The molecule has 3 heterocycles. The minimum atomic E-state index is -4.18. The van der Waals surface area contributed by atoms with Crippen LogP contribution in [-0.2, 0) is 10.0 Å². The van der Waals surface area contributed by atoms with Crippen LogP contribution in [-0.4, -0.2) is 37.8 Å². The van der Waals surface area contributed by atoms with E-state index >= 15 is 0 Å². The Morgan fingerprint density at radius 1 is 0.944 bits per heavy atom. The summed E-state index contributed by atoms with van der Waals surface area (Å²) in [7, 11) is -1.36. The number of anilines is 2. The molecule has 0 unspecified atom stereocenters. The molecule has 0 aliphatic carbocycles. The van der Waals surface area contributed by atoms with E-state index in [1.165, 1.54) is 44.7 Å². The molecule has 11 heteroatoms. The van der Waals surface area contributed by atoms with Crippen molar-refractivity contribution in [2.75, 3.05) is 18.5 Å². The second-order valence-electron chi connectivity index (χ2n) is 7.61. The normalized spacial score (nSPS) is 11.4. The lowest BCUT2D eigenvalue weighted by Crippen LogP contribution is -2.27. The monoisotopic (exact) mass is 506 g/mol. The van der Waals surface area contributed by atoms with Crippen molar-refractivity contribution in [1.29, 1.82) is 0 Å². The third kappa shape index (κ3) is 4.09. The molecule has 5 rings (SSSR count). The van der Waals surface area contributed by atoms with Crippen molar-refractivity contribution in [2.24, 2.45) is 0 Å². The Morgan fingerprint density at radius 3 is 2.56 bits per heavy atom. The first-order valence-electron chi connectivity index (χ1n) is 10.6. The van der Waals surface area contributed by atoms with Gasteiger partial charge in [0.1, 0.15) is 23.5 Å². The van der Waals surface area contributed by atoms with Crippen LogP contribution in [0, 0.1) is 5.82 Å². The molecule has 36 heavy (non-hydrogen) atoms. The predicted octanol–water partition coefficient (Wildman–Crippen LogP) is 4.97. The zero-order valence-corrected chi connectivity index (χ0v) is 19.9. The van der Waals surface area contributed by atoms with Gasteiger partial charge in [0.25, 0.3) is 10.0 Å². The second-order valence-corrected chi connectivity index (χ2v) is 9.40. The highest BCUT2D eigenvalue weighted by Gasteiger charge is 2.31. The van der Waals surface area contributed by atoms with Gasteiger partial charge in [-0.25, -0.2) is 22.1 Å². The number of hydrogen-bond acceptors (Lipinski definition) is 8. The van der Waals surface area contributed by atoms with Crippen LogP contribution in [0.1, 0.15) is 0 Å². The van der Waals surface area contributed by atoms with E-state index in [0.717, 1.165) is 15.9 Å². The average Bonchev–Trinajstić information content (AvgIpc) is 3.42. The van der Waals surface area contributed by atoms with Gasteiger partial charge in [-0.3, -0.25) is 4.98 Å². The van der Waals surface area contributed by atoms with Crippen molar-refractivity contribution in [3.63, 3.8) is 0 Å². The van der Waals surface area contributed by atoms with Crippen LogP contribution in [0.15, 0.2) is 88.9 Å². The third-order valence-corrected chi connectivity index (χ3v) is 7.22. The van der Waals surface area contributed by atoms with Gasteiger partial charge in [-0.05, 0) is 47.3 Å². The molecule has 0 bridgehead atoms. The first kappa shape index (κ1) is 23.2. The molecule has 0 aliphatic rings. The van der Waals surface area contributed by atoms with Gasteiger partial charge in [0.2, 0.25) is 5.88 Å². The maximum atomic E-state index is 13.9. The number of nitrogens with zero attached hydrogens (tertiary/aromatic N) is 4. The quantitative estimate of drug-likeness (QED) is 0.305. The van der Waals surface area contributed by atoms with Crippen LogP contribution in [0.5, 0.6) is 11.6 Å². The molecule has 3 aromatic heterocycles. The van der Waals surface area contributed by atoms with Gasteiger partial charge in [0.15, 0.2) is 5.82 Å². The summed E-state index contributed by atoms with van der Waals surface area (Å²) in [5, 5.41) is 5.37. The number of aromatic nitrogens is 3. The second kappa shape index (κ2) is 9.27. The van der Waals surface area contributed by atoms with E-state index in [-0.39, 0.29) is 28.0 Å². The molecule has 0 saturated carbocycles. The molecule has 0 amide bonds. The Labute approximate surface area is 205 Å². The average molecular weight is 507 g/mol. The van der Waals surface area contributed by atoms with Crippen molar-refractivity contribution < 1.29 is 26.8 Å². The first-order chi connectivity index (χ1) is 17.4. The summed E-state index contributed by atoms with van der Waals surface area (Å²) >= 11 is 0. The van der Waals surface area contributed by atoms with Gasteiger partial charge < -0.3 is 14.0 Å². The Bertz CT molecular complexity index is 1660. The summed E-state index contributed by atoms with van der Waals surface area (Å²) in [5.74, 6) is -0.124. The van der Waals surface area contributed by atoms with Gasteiger partial charge in [-0.2, -0.15) is 0 Å². The van der Waals surface area contributed by atoms with Crippen molar-refractivity contribution in [1.82, 2.24) is 15.1 Å². The van der Waals surface area contributed by atoms with Crippen molar-refractivity contribution in [2.45, 2.75) is 4.90 Å². The molecule has 0 N–H and O–H groups in total. The molecule has 0 atom stereocenters. The molecule has 0 radical (unpaired) electrons. The summed E-state index contributed by atoms with van der Waals surface area (Å²) in [6.07, 6.45) is 5.56. The molecule has 2 aromatic carbocycles. The minimum Gasteiger partial charge on any atom is -0.495 e. The number of hydrogen-bond donors (Lipinski definition) is 0. The molecule has 0 fully saturated rings. The van der Waals surface area contributed by atoms with E-state index in [4.69, 9.17) is 14.0 Å². The molecular formula is C25H19FN4O5S. The molecule has 0 spiro atoms. The maximum absolute atomic E-state index is 13.9. The zero-order chi connectivity index (χ0) is 25.3. The number of fused-ring (bicyclic) bond motifs is 1. The standard InChI is InChI=1S/C25H19FN4O5S/c1-33-23-12-17(21-13-19(26)15-28-25(21)34-2)4-6-22(23)30(24-8-10-35-29-24)36(31,32)20-5-3-18-14-27-9-7-16(18)11-20/h3-15H,1-2H3.